The maximum Gasteiger partial charge on any atom is 0.271 e. The molecule has 5 rings (SSSR count). The van der Waals surface area contributed by atoms with E-state index in [1.807, 2.05) is 45.0 Å². The van der Waals surface area contributed by atoms with Crippen LogP contribution in [0.3, 0.4) is 0 Å². The van der Waals surface area contributed by atoms with Crippen LogP contribution in [0.25, 0.3) is 0 Å². The maximum atomic E-state index is 13.7. The summed E-state index contributed by atoms with van der Waals surface area (Å²) in [6, 6.07) is 15.3. The number of benzene rings is 2. The van der Waals surface area contributed by atoms with Crippen LogP contribution in [0.15, 0.2) is 75.5 Å². The first-order valence-electron chi connectivity index (χ1n) is 13.7. The third-order valence-corrected chi connectivity index (χ3v) is 9.20. The van der Waals surface area contributed by atoms with Crippen LogP contribution >= 0.6 is 23.1 Å². The number of nitriles is 1. The van der Waals surface area contributed by atoms with Gasteiger partial charge in [0.15, 0.2) is 10.1 Å². The van der Waals surface area contributed by atoms with Crippen molar-refractivity contribution >= 4 is 51.3 Å². The first-order valence-corrected chi connectivity index (χ1v) is 15.5. The Balaban J connectivity index is 1.43. The highest BCUT2D eigenvalue weighted by molar-refractivity contribution is 8.01. The first-order chi connectivity index (χ1) is 21.0. The Morgan fingerprint density at radius 2 is 2.02 bits per heavy atom. The van der Waals surface area contributed by atoms with Gasteiger partial charge in [-0.2, -0.15) is 5.26 Å². The maximum absolute atomic E-state index is 13.7. The minimum absolute atomic E-state index is 0.0224. The van der Waals surface area contributed by atoms with E-state index in [-0.39, 0.29) is 39.9 Å². The van der Waals surface area contributed by atoms with Crippen molar-refractivity contribution in [1.29, 1.82) is 5.26 Å². The molecule has 0 saturated carbocycles. The number of carbonyl (C=O) groups excluding carboxylic acids is 2. The summed E-state index contributed by atoms with van der Waals surface area (Å²) < 4.78 is 6.05. The number of nitrogens with one attached hydrogen (secondary N) is 1. The van der Waals surface area contributed by atoms with Crippen molar-refractivity contribution in [2.75, 3.05) is 22.6 Å². The number of hydrogen-bond donors (Lipinski definition) is 2. The molecule has 0 saturated heterocycles. The van der Waals surface area contributed by atoms with E-state index in [2.05, 4.69) is 21.6 Å². The molecule has 226 valence electrons. The molecule has 44 heavy (non-hydrogen) atoms. The standard InChI is InChI=1S/C30H29N7O5S2/c1-4-42-20-10-8-17(9-11-20)25-21(15-31)27(32)36(22-13-30(2,3)14-23(38)26(22)25)28-34-35-29(44-28)43-16-24(39)33-18-6-5-7-19(12-18)37(40)41/h5-12,25H,4,13-14,16,32H2,1-3H3,(H,33,39). The number of carbonyl (C=O) groups is 2. The van der Waals surface area contributed by atoms with E-state index in [1.165, 1.54) is 29.5 Å². The summed E-state index contributed by atoms with van der Waals surface area (Å²) in [6.07, 6.45) is 0.845. The van der Waals surface area contributed by atoms with Crippen LogP contribution in [0.1, 0.15) is 45.1 Å². The molecule has 14 heteroatoms. The number of thioether (sulfide) groups is 1. The van der Waals surface area contributed by atoms with Gasteiger partial charge in [0.2, 0.25) is 11.0 Å². The second-order valence-corrected chi connectivity index (χ2v) is 13.2. The van der Waals surface area contributed by atoms with Crippen molar-refractivity contribution in [2.45, 2.75) is 43.9 Å². The topological polar surface area (TPSA) is 177 Å². The van der Waals surface area contributed by atoms with Crippen LogP contribution in [0.5, 0.6) is 5.75 Å². The zero-order valence-corrected chi connectivity index (χ0v) is 25.8. The van der Waals surface area contributed by atoms with Crippen LogP contribution in [0.4, 0.5) is 16.5 Å². The van der Waals surface area contributed by atoms with Gasteiger partial charge in [-0.25, -0.2) is 0 Å². The third-order valence-electron chi connectivity index (χ3n) is 7.16. The molecular weight excluding hydrogens is 603 g/mol. The predicted molar refractivity (Wildman–Crippen MR) is 167 cm³/mol. The van der Waals surface area contributed by atoms with Gasteiger partial charge in [0, 0.05) is 35.5 Å². The lowest BCUT2D eigenvalue weighted by Gasteiger charge is -2.42. The van der Waals surface area contributed by atoms with Crippen molar-refractivity contribution in [2.24, 2.45) is 11.1 Å². The zero-order chi connectivity index (χ0) is 31.6. The number of nitro groups is 1. The smallest absolute Gasteiger partial charge is 0.271 e. The van der Waals surface area contributed by atoms with Gasteiger partial charge < -0.3 is 15.8 Å². The van der Waals surface area contributed by atoms with E-state index in [9.17, 15) is 25.0 Å². The minimum atomic E-state index is -0.634. The monoisotopic (exact) mass is 631 g/mol. The average molecular weight is 632 g/mol. The molecule has 2 aliphatic rings. The quantitative estimate of drug-likeness (QED) is 0.173. The molecule has 0 bridgehead atoms. The number of non-ortho nitro benzene ring substituents is 1. The fourth-order valence-electron chi connectivity index (χ4n) is 5.36. The van der Waals surface area contributed by atoms with E-state index >= 15 is 0 Å². The summed E-state index contributed by atoms with van der Waals surface area (Å²) in [5.74, 6) is -0.231. The van der Waals surface area contributed by atoms with Crippen LogP contribution < -0.4 is 20.7 Å². The van der Waals surface area contributed by atoms with Gasteiger partial charge in [-0.05, 0) is 42.5 Å². The molecule has 12 nitrogen and oxygen atoms in total. The Hall–Kier alpha value is -4.74. The van der Waals surface area contributed by atoms with Crippen LogP contribution in [-0.4, -0.2) is 39.2 Å². The average Bonchev–Trinajstić information content (AvgIpc) is 3.44. The lowest BCUT2D eigenvalue weighted by atomic mass is 9.68. The molecule has 0 spiro atoms. The highest BCUT2D eigenvalue weighted by Crippen LogP contribution is 2.50. The molecule has 1 amide bonds. The number of ketones is 1. The van der Waals surface area contributed by atoms with Gasteiger partial charge in [-0.15, -0.1) is 10.2 Å². The number of anilines is 2. The molecule has 3 aromatic rings. The molecular formula is C30H29N7O5S2. The van der Waals surface area contributed by atoms with Crippen LogP contribution in [0.2, 0.25) is 0 Å². The third kappa shape index (κ3) is 6.29. The molecule has 0 radical (unpaired) electrons. The molecule has 1 atom stereocenters. The number of nitro benzene ring substituents is 1. The number of aromatic nitrogens is 2. The van der Waals surface area contributed by atoms with E-state index in [1.54, 1.807) is 11.0 Å². The Labute approximate surface area is 261 Å². The number of allylic oxidation sites excluding steroid dienone is 3. The molecule has 0 fully saturated rings. The molecule has 2 heterocycles. The molecule has 3 N–H and O–H groups in total. The van der Waals surface area contributed by atoms with Gasteiger partial charge in [0.25, 0.3) is 5.69 Å². The van der Waals surface area contributed by atoms with Crippen molar-refractivity contribution in [1.82, 2.24) is 10.2 Å². The fourth-order valence-corrected chi connectivity index (χ4v) is 7.04. The van der Waals surface area contributed by atoms with Crippen molar-refractivity contribution < 1.29 is 19.2 Å². The molecule has 1 aromatic heterocycles. The molecule has 1 unspecified atom stereocenters. The highest BCUT2D eigenvalue weighted by Gasteiger charge is 2.45. The number of Topliss-reactive ketones (excluding diaryl/α,β-unsaturated/α-hetero) is 1. The second kappa shape index (κ2) is 12.5. The molecule has 1 aliphatic carbocycles. The fraction of sp³-hybridized carbons (Fsp3) is 0.300. The van der Waals surface area contributed by atoms with Crippen LogP contribution in [-0.2, 0) is 9.59 Å². The number of amides is 1. The van der Waals surface area contributed by atoms with E-state index in [0.717, 1.165) is 17.3 Å². The predicted octanol–water partition coefficient (Wildman–Crippen LogP) is 5.52. The number of ether oxygens (including phenoxy) is 1. The SMILES string of the molecule is CCOc1ccc(C2C(C#N)=C(N)N(c3nnc(SCC(=O)Nc4cccc([N+](=O)[O-])c4)s3)C3=C2C(=O)CC(C)(C)C3)cc1. The van der Waals surface area contributed by atoms with Crippen molar-refractivity contribution in [3.63, 3.8) is 0 Å². The van der Waals surface area contributed by atoms with Gasteiger partial charge in [-0.3, -0.25) is 24.6 Å². The van der Waals surface area contributed by atoms with Crippen LogP contribution in [0, 0.1) is 26.9 Å². The number of rotatable bonds is 9. The van der Waals surface area contributed by atoms with Crippen molar-refractivity contribution in [3.05, 3.63) is 86.9 Å². The molecule has 2 aromatic carbocycles. The lowest BCUT2D eigenvalue weighted by molar-refractivity contribution is -0.384. The van der Waals surface area contributed by atoms with Gasteiger partial charge in [0.1, 0.15) is 11.6 Å². The Morgan fingerprint density at radius 3 is 2.70 bits per heavy atom. The normalized spacial score (nSPS) is 17.6. The number of nitrogens with zero attached hydrogens (tertiary/aromatic N) is 5. The Morgan fingerprint density at radius 1 is 1.27 bits per heavy atom. The van der Waals surface area contributed by atoms with E-state index in [4.69, 9.17) is 10.5 Å². The number of hydrogen-bond acceptors (Lipinski definition) is 12. The highest BCUT2D eigenvalue weighted by atomic mass is 32.2. The minimum Gasteiger partial charge on any atom is -0.494 e. The summed E-state index contributed by atoms with van der Waals surface area (Å²) >= 11 is 2.32. The number of nitrogens with two attached hydrogens (primary N) is 1. The lowest BCUT2D eigenvalue weighted by Crippen LogP contribution is -2.42. The van der Waals surface area contributed by atoms with Crippen molar-refractivity contribution in [3.8, 4) is 11.8 Å². The zero-order valence-electron chi connectivity index (χ0n) is 24.2. The summed E-state index contributed by atoms with van der Waals surface area (Å²) in [6.45, 7) is 6.44. The van der Waals surface area contributed by atoms with E-state index < -0.39 is 10.8 Å². The summed E-state index contributed by atoms with van der Waals surface area (Å²) in [5.41, 5.74) is 8.71. The van der Waals surface area contributed by atoms with E-state index in [0.29, 0.717) is 51.6 Å². The Bertz CT molecular complexity index is 1740. The molecule has 1 aliphatic heterocycles. The second-order valence-electron chi connectivity index (χ2n) is 11.0. The van der Waals surface area contributed by atoms with Gasteiger partial charge in [-0.1, -0.05) is 55.1 Å². The van der Waals surface area contributed by atoms with Gasteiger partial charge in [0.05, 0.1) is 34.8 Å². The van der Waals surface area contributed by atoms with Gasteiger partial charge >= 0.3 is 0 Å². The summed E-state index contributed by atoms with van der Waals surface area (Å²) in [5, 5.41) is 32.9. The summed E-state index contributed by atoms with van der Waals surface area (Å²) in [7, 11) is 0. The largest absolute Gasteiger partial charge is 0.494 e. The summed E-state index contributed by atoms with van der Waals surface area (Å²) in [4.78, 5) is 38.4. The first kappa shape index (κ1) is 30.7. The Kier molecular flexibility index (Phi) is 8.70.